The van der Waals surface area contributed by atoms with E-state index in [1.54, 1.807) is 13.1 Å². The number of ether oxygens (including phenoxy) is 1. The molecule has 0 spiro atoms. The largest absolute Gasteiger partial charge is 0.416 e. The number of aliphatic imine (C=N–C) groups is 1. The molecule has 1 aliphatic heterocycles. The van der Waals surface area contributed by atoms with Crippen LogP contribution in [0.2, 0.25) is 0 Å². The summed E-state index contributed by atoms with van der Waals surface area (Å²) in [5.41, 5.74) is -0.511. The van der Waals surface area contributed by atoms with E-state index in [4.69, 9.17) is 4.74 Å². The third-order valence-corrected chi connectivity index (χ3v) is 4.56. The van der Waals surface area contributed by atoms with E-state index >= 15 is 0 Å². The molecule has 1 fully saturated rings. The lowest BCUT2D eigenvalue weighted by Crippen LogP contribution is -2.52. The number of benzene rings is 1. The van der Waals surface area contributed by atoms with Crippen LogP contribution in [0.1, 0.15) is 44.7 Å². The molecule has 1 saturated heterocycles. The molecule has 0 aromatic heterocycles. The zero-order valence-corrected chi connectivity index (χ0v) is 18.6. The van der Waals surface area contributed by atoms with E-state index in [0.29, 0.717) is 44.1 Å². The summed E-state index contributed by atoms with van der Waals surface area (Å²) in [6, 6.07) is 5.65. The Kier molecular flexibility index (Phi) is 8.40. The summed E-state index contributed by atoms with van der Waals surface area (Å²) in [4.78, 5) is 4.22. The molecule has 0 unspecified atom stereocenters. The van der Waals surface area contributed by atoms with E-state index in [1.807, 2.05) is 20.8 Å². The maximum absolute atomic E-state index is 13.1. The Hall–Kier alpha value is -1.03. The van der Waals surface area contributed by atoms with Gasteiger partial charge >= 0.3 is 6.18 Å². The quantitative estimate of drug-likeness (QED) is 0.370. The highest BCUT2D eigenvalue weighted by atomic mass is 127. The van der Waals surface area contributed by atoms with E-state index in [0.717, 1.165) is 6.07 Å². The van der Waals surface area contributed by atoms with Crippen molar-refractivity contribution in [3.8, 4) is 0 Å². The summed E-state index contributed by atoms with van der Waals surface area (Å²) in [5, 5.41) is 6.57. The van der Waals surface area contributed by atoms with Crippen LogP contribution in [-0.4, -0.2) is 38.3 Å². The Labute approximate surface area is 176 Å². The highest BCUT2D eigenvalue weighted by molar-refractivity contribution is 14.0. The van der Waals surface area contributed by atoms with Crippen molar-refractivity contribution in [2.45, 2.75) is 50.7 Å². The van der Waals surface area contributed by atoms with Crippen LogP contribution in [0, 0.1) is 0 Å². The van der Waals surface area contributed by atoms with Gasteiger partial charge in [0, 0.05) is 37.8 Å². The summed E-state index contributed by atoms with van der Waals surface area (Å²) in [6.07, 6.45) is -3.03. The molecule has 1 aromatic rings. The molecule has 1 heterocycles. The van der Waals surface area contributed by atoms with Gasteiger partial charge in [0.1, 0.15) is 0 Å². The Bertz CT molecular complexity index is 636. The lowest BCUT2D eigenvalue weighted by Gasteiger charge is -2.39. The highest BCUT2D eigenvalue weighted by Gasteiger charge is 2.37. The Morgan fingerprint density at radius 1 is 1.19 bits per heavy atom. The van der Waals surface area contributed by atoms with Crippen LogP contribution in [0.25, 0.3) is 0 Å². The average Bonchev–Trinajstić information content (AvgIpc) is 2.58. The molecule has 2 rings (SSSR count). The van der Waals surface area contributed by atoms with Crippen molar-refractivity contribution in [3.63, 3.8) is 0 Å². The van der Waals surface area contributed by atoms with Gasteiger partial charge in [0.05, 0.1) is 5.56 Å². The molecule has 154 valence electrons. The zero-order chi connectivity index (χ0) is 19.4. The van der Waals surface area contributed by atoms with Gasteiger partial charge in [-0.2, -0.15) is 13.2 Å². The molecule has 0 amide bonds. The van der Waals surface area contributed by atoms with E-state index in [1.165, 1.54) is 12.1 Å². The van der Waals surface area contributed by atoms with E-state index in [2.05, 4.69) is 15.6 Å². The van der Waals surface area contributed by atoms with Crippen LogP contribution >= 0.6 is 24.0 Å². The summed E-state index contributed by atoms with van der Waals surface area (Å²) in [5.74, 6) is 0.635. The van der Waals surface area contributed by atoms with Crippen LogP contribution in [0.5, 0.6) is 0 Å². The van der Waals surface area contributed by atoms with Gasteiger partial charge in [-0.15, -0.1) is 24.0 Å². The fourth-order valence-corrected chi connectivity index (χ4v) is 3.14. The van der Waals surface area contributed by atoms with E-state index in [9.17, 15) is 13.2 Å². The minimum atomic E-state index is -4.35. The molecule has 0 aliphatic carbocycles. The first-order chi connectivity index (χ1) is 12.1. The number of rotatable bonds is 3. The summed E-state index contributed by atoms with van der Waals surface area (Å²) < 4.78 is 44.9. The Morgan fingerprint density at radius 3 is 2.33 bits per heavy atom. The normalized spacial score (nSPS) is 17.8. The second-order valence-electron chi connectivity index (χ2n) is 7.77. The van der Waals surface area contributed by atoms with E-state index < -0.39 is 17.2 Å². The molecule has 0 bridgehead atoms. The minimum absolute atomic E-state index is 0. The van der Waals surface area contributed by atoms with Crippen molar-refractivity contribution in [1.82, 2.24) is 10.6 Å². The number of hydrogen-bond donors (Lipinski definition) is 2. The Balaban J connectivity index is 0.00000364. The average molecular weight is 499 g/mol. The number of nitrogens with zero attached hydrogens (tertiary/aromatic N) is 1. The first kappa shape index (κ1) is 24.0. The molecule has 1 aliphatic rings. The van der Waals surface area contributed by atoms with Crippen LogP contribution in [-0.2, 0) is 16.3 Å². The lowest BCUT2D eigenvalue weighted by atomic mass is 9.73. The maximum Gasteiger partial charge on any atom is 0.416 e. The number of guanidine groups is 1. The van der Waals surface area contributed by atoms with Crippen molar-refractivity contribution < 1.29 is 17.9 Å². The van der Waals surface area contributed by atoms with Crippen molar-refractivity contribution in [3.05, 3.63) is 35.4 Å². The smallest absolute Gasteiger partial charge is 0.381 e. The second-order valence-corrected chi connectivity index (χ2v) is 7.77. The molecule has 0 saturated carbocycles. The molecule has 0 atom stereocenters. The Morgan fingerprint density at radius 2 is 1.81 bits per heavy atom. The van der Waals surface area contributed by atoms with Gasteiger partial charge in [-0.05, 0) is 45.2 Å². The molecule has 1 aromatic carbocycles. The first-order valence-corrected chi connectivity index (χ1v) is 8.80. The summed E-state index contributed by atoms with van der Waals surface area (Å²) in [6.45, 7) is 7.63. The summed E-state index contributed by atoms with van der Waals surface area (Å²) >= 11 is 0. The standard InChI is InChI=1S/C19H28F3N3O.HI/c1-17(2,3)25-16(23-4)24-13-18(8-10-26-11-9-18)14-6-5-7-15(12-14)19(20,21)22;/h5-7,12H,8-11,13H2,1-4H3,(H2,23,24,25);1H. The molecule has 4 nitrogen and oxygen atoms in total. The minimum Gasteiger partial charge on any atom is -0.381 e. The monoisotopic (exact) mass is 499 g/mol. The van der Waals surface area contributed by atoms with Crippen molar-refractivity contribution >= 4 is 29.9 Å². The zero-order valence-electron chi connectivity index (χ0n) is 16.2. The summed E-state index contributed by atoms with van der Waals surface area (Å²) in [7, 11) is 1.68. The molecule has 0 radical (unpaired) electrons. The third-order valence-electron chi connectivity index (χ3n) is 4.56. The van der Waals surface area contributed by atoms with Crippen LogP contribution < -0.4 is 10.6 Å². The molecular formula is C19H29F3IN3O. The maximum atomic E-state index is 13.1. The number of halogens is 4. The van der Waals surface area contributed by atoms with Crippen LogP contribution in [0.3, 0.4) is 0 Å². The van der Waals surface area contributed by atoms with Gasteiger partial charge < -0.3 is 15.4 Å². The van der Waals surface area contributed by atoms with Gasteiger partial charge in [-0.25, -0.2) is 0 Å². The van der Waals surface area contributed by atoms with Crippen LogP contribution in [0.4, 0.5) is 13.2 Å². The predicted octanol–water partition coefficient (Wildman–Crippen LogP) is 4.34. The van der Waals surface area contributed by atoms with Gasteiger partial charge in [0.25, 0.3) is 0 Å². The molecule has 2 N–H and O–H groups in total. The highest BCUT2D eigenvalue weighted by Crippen LogP contribution is 2.37. The molecule has 8 heteroatoms. The molecule has 27 heavy (non-hydrogen) atoms. The van der Waals surface area contributed by atoms with E-state index in [-0.39, 0.29) is 29.5 Å². The number of alkyl halides is 3. The topological polar surface area (TPSA) is 45.7 Å². The SMILES string of the molecule is CN=C(NCC1(c2cccc(C(F)(F)F)c2)CCOCC1)NC(C)(C)C.I. The number of hydrogen-bond acceptors (Lipinski definition) is 2. The van der Waals surface area contributed by atoms with Gasteiger partial charge in [-0.1, -0.05) is 18.2 Å². The fraction of sp³-hybridized carbons (Fsp3) is 0.632. The number of nitrogens with one attached hydrogen (secondary N) is 2. The molecular weight excluding hydrogens is 470 g/mol. The predicted molar refractivity (Wildman–Crippen MR) is 113 cm³/mol. The van der Waals surface area contributed by atoms with Crippen LogP contribution in [0.15, 0.2) is 29.3 Å². The van der Waals surface area contributed by atoms with Gasteiger partial charge in [-0.3, -0.25) is 4.99 Å². The first-order valence-electron chi connectivity index (χ1n) is 8.80. The lowest BCUT2D eigenvalue weighted by molar-refractivity contribution is -0.137. The van der Waals surface area contributed by atoms with Gasteiger partial charge in [0.2, 0.25) is 0 Å². The van der Waals surface area contributed by atoms with Crippen molar-refractivity contribution in [2.24, 2.45) is 4.99 Å². The van der Waals surface area contributed by atoms with Crippen molar-refractivity contribution in [1.29, 1.82) is 0 Å². The third kappa shape index (κ3) is 6.81. The second kappa shape index (κ2) is 9.45. The van der Waals surface area contributed by atoms with Crippen molar-refractivity contribution in [2.75, 3.05) is 26.8 Å². The van der Waals surface area contributed by atoms with Gasteiger partial charge in [0.15, 0.2) is 5.96 Å². The fourth-order valence-electron chi connectivity index (χ4n) is 3.14.